The molecule has 0 saturated carbocycles. The SMILES string of the molecule is CNc1ccc(C(=O)Nc2cc(C(=O)N3CCC(c4ccc(Cl)cc4)CC3)ccc2C)cn1. The number of nitrogens with one attached hydrogen (secondary N) is 2. The minimum atomic E-state index is -0.262. The predicted molar refractivity (Wildman–Crippen MR) is 132 cm³/mol. The Bertz CT molecular complexity index is 1140. The van der Waals surface area contributed by atoms with Gasteiger partial charge in [0.1, 0.15) is 5.82 Å². The number of amides is 2. The molecule has 0 atom stereocenters. The quantitative estimate of drug-likeness (QED) is 0.535. The molecule has 1 aromatic heterocycles. The van der Waals surface area contributed by atoms with Crippen molar-refractivity contribution in [2.75, 3.05) is 30.8 Å². The van der Waals surface area contributed by atoms with Crippen molar-refractivity contribution in [2.45, 2.75) is 25.7 Å². The molecule has 3 aromatic rings. The van der Waals surface area contributed by atoms with Crippen LogP contribution in [0.2, 0.25) is 5.02 Å². The van der Waals surface area contributed by atoms with E-state index in [0.29, 0.717) is 41.6 Å². The monoisotopic (exact) mass is 462 g/mol. The molecule has 1 aliphatic rings. The minimum Gasteiger partial charge on any atom is -0.373 e. The maximum Gasteiger partial charge on any atom is 0.257 e. The second-order valence-corrected chi connectivity index (χ2v) is 8.72. The highest BCUT2D eigenvalue weighted by Crippen LogP contribution is 2.30. The van der Waals surface area contributed by atoms with Gasteiger partial charge in [-0.3, -0.25) is 9.59 Å². The number of aryl methyl sites for hydroxylation is 1. The Hall–Kier alpha value is -3.38. The van der Waals surface area contributed by atoms with Gasteiger partial charge in [0, 0.05) is 42.6 Å². The number of nitrogens with zero attached hydrogens (tertiary/aromatic N) is 2. The zero-order valence-corrected chi connectivity index (χ0v) is 19.5. The zero-order valence-electron chi connectivity index (χ0n) is 18.8. The van der Waals surface area contributed by atoms with E-state index in [2.05, 4.69) is 27.8 Å². The molecule has 0 unspecified atom stereocenters. The number of carbonyl (C=O) groups is 2. The van der Waals surface area contributed by atoms with Crippen molar-refractivity contribution in [3.05, 3.63) is 88.1 Å². The van der Waals surface area contributed by atoms with Crippen molar-refractivity contribution in [1.29, 1.82) is 0 Å². The largest absolute Gasteiger partial charge is 0.373 e. The first-order valence-electron chi connectivity index (χ1n) is 11.0. The molecular weight excluding hydrogens is 436 g/mol. The molecule has 0 aliphatic carbocycles. The van der Waals surface area contributed by atoms with Crippen LogP contribution in [0.4, 0.5) is 11.5 Å². The Morgan fingerprint density at radius 2 is 1.70 bits per heavy atom. The van der Waals surface area contributed by atoms with E-state index in [9.17, 15) is 9.59 Å². The van der Waals surface area contributed by atoms with Crippen molar-refractivity contribution in [1.82, 2.24) is 9.88 Å². The van der Waals surface area contributed by atoms with Gasteiger partial charge in [0.25, 0.3) is 11.8 Å². The third-order valence-corrected chi connectivity index (χ3v) is 6.39. The van der Waals surface area contributed by atoms with Crippen LogP contribution in [-0.2, 0) is 0 Å². The summed E-state index contributed by atoms with van der Waals surface area (Å²) in [4.78, 5) is 31.9. The van der Waals surface area contributed by atoms with Crippen LogP contribution in [0.15, 0.2) is 60.8 Å². The highest BCUT2D eigenvalue weighted by molar-refractivity contribution is 6.30. The van der Waals surface area contributed by atoms with Gasteiger partial charge in [-0.05, 0) is 73.2 Å². The van der Waals surface area contributed by atoms with Crippen LogP contribution in [0.25, 0.3) is 0 Å². The van der Waals surface area contributed by atoms with Crippen molar-refractivity contribution >= 4 is 34.9 Å². The number of carbonyl (C=O) groups excluding carboxylic acids is 2. The first kappa shape index (κ1) is 22.8. The number of hydrogen-bond donors (Lipinski definition) is 2. The molecular formula is C26H27ClN4O2. The fraction of sp³-hybridized carbons (Fsp3) is 0.269. The maximum atomic E-state index is 13.2. The third kappa shape index (κ3) is 5.34. The first-order valence-corrected chi connectivity index (χ1v) is 11.4. The van der Waals surface area contributed by atoms with Gasteiger partial charge in [0.15, 0.2) is 0 Å². The molecule has 2 heterocycles. The van der Waals surface area contributed by atoms with E-state index in [4.69, 9.17) is 11.6 Å². The summed E-state index contributed by atoms with van der Waals surface area (Å²) in [6.07, 6.45) is 3.35. The van der Waals surface area contributed by atoms with Crippen molar-refractivity contribution in [2.24, 2.45) is 0 Å². The van der Waals surface area contributed by atoms with Crippen molar-refractivity contribution < 1.29 is 9.59 Å². The number of rotatable bonds is 5. The molecule has 0 spiro atoms. The summed E-state index contributed by atoms with van der Waals surface area (Å²) >= 11 is 6.00. The molecule has 2 aromatic carbocycles. The summed E-state index contributed by atoms with van der Waals surface area (Å²) in [6.45, 7) is 3.31. The van der Waals surface area contributed by atoms with Crippen LogP contribution >= 0.6 is 11.6 Å². The maximum absolute atomic E-state index is 13.2. The lowest BCUT2D eigenvalue weighted by atomic mass is 9.89. The molecule has 0 radical (unpaired) electrons. The van der Waals surface area contributed by atoms with E-state index in [1.165, 1.54) is 11.8 Å². The van der Waals surface area contributed by atoms with Gasteiger partial charge in [-0.2, -0.15) is 0 Å². The van der Waals surface area contributed by atoms with Gasteiger partial charge >= 0.3 is 0 Å². The lowest BCUT2D eigenvalue weighted by Crippen LogP contribution is -2.38. The molecule has 6 nitrogen and oxygen atoms in total. The summed E-state index contributed by atoms with van der Waals surface area (Å²) in [6, 6.07) is 16.9. The minimum absolute atomic E-state index is 0.0138. The second-order valence-electron chi connectivity index (χ2n) is 8.28. The van der Waals surface area contributed by atoms with Crippen molar-refractivity contribution in [3.63, 3.8) is 0 Å². The standard InChI is InChI=1S/C26H27ClN4O2/c1-17-3-4-20(15-23(17)30-25(32)21-7-10-24(28-2)29-16-21)26(33)31-13-11-19(12-14-31)18-5-8-22(27)9-6-18/h3-10,15-16,19H,11-14H2,1-2H3,(H,28,29)(H,30,32). The average molecular weight is 463 g/mol. The Balaban J connectivity index is 1.42. The Kier molecular flexibility index (Phi) is 6.94. The summed E-state index contributed by atoms with van der Waals surface area (Å²) in [5.74, 6) is 0.846. The van der Waals surface area contributed by atoms with Crippen LogP contribution < -0.4 is 10.6 Å². The molecule has 4 rings (SSSR count). The van der Waals surface area contributed by atoms with E-state index in [-0.39, 0.29) is 11.8 Å². The molecule has 1 saturated heterocycles. The van der Waals surface area contributed by atoms with E-state index < -0.39 is 0 Å². The van der Waals surface area contributed by atoms with Crippen LogP contribution in [0.1, 0.15) is 50.6 Å². The first-order chi connectivity index (χ1) is 15.9. The highest BCUT2D eigenvalue weighted by atomic mass is 35.5. The van der Waals surface area contributed by atoms with Gasteiger partial charge in [-0.25, -0.2) is 4.98 Å². The summed E-state index contributed by atoms with van der Waals surface area (Å²) in [7, 11) is 1.77. The summed E-state index contributed by atoms with van der Waals surface area (Å²) in [5, 5.41) is 6.58. The number of hydrogen-bond acceptors (Lipinski definition) is 4. The van der Waals surface area contributed by atoms with Gasteiger partial charge < -0.3 is 15.5 Å². The lowest BCUT2D eigenvalue weighted by molar-refractivity contribution is 0.0712. The smallest absolute Gasteiger partial charge is 0.257 e. The Morgan fingerprint density at radius 3 is 2.33 bits per heavy atom. The molecule has 0 bridgehead atoms. The molecule has 33 heavy (non-hydrogen) atoms. The Morgan fingerprint density at radius 1 is 1.00 bits per heavy atom. The van der Waals surface area contributed by atoms with E-state index in [1.807, 2.05) is 36.1 Å². The summed E-state index contributed by atoms with van der Waals surface area (Å²) in [5.41, 5.74) is 3.81. The van der Waals surface area contributed by atoms with Gasteiger partial charge in [-0.15, -0.1) is 0 Å². The number of aromatic nitrogens is 1. The number of benzene rings is 2. The molecule has 2 amide bonds. The van der Waals surface area contributed by atoms with E-state index >= 15 is 0 Å². The van der Waals surface area contributed by atoms with Crippen LogP contribution in [0, 0.1) is 6.92 Å². The number of halogens is 1. The highest BCUT2D eigenvalue weighted by Gasteiger charge is 2.25. The topological polar surface area (TPSA) is 74.3 Å². The van der Waals surface area contributed by atoms with E-state index in [1.54, 1.807) is 25.2 Å². The number of anilines is 2. The number of pyridine rings is 1. The molecule has 1 aliphatic heterocycles. The average Bonchev–Trinajstić information content (AvgIpc) is 2.85. The van der Waals surface area contributed by atoms with E-state index in [0.717, 1.165) is 23.4 Å². The van der Waals surface area contributed by atoms with Crippen LogP contribution in [0.5, 0.6) is 0 Å². The normalized spacial score (nSPS) is 14.1. The number of likely N-dealkylation sites (tertiary alicyclic amines) is 1. The number of piperidine rings is 1. The molecule has 1 fully saturated rings. The fourth-order valence-corrected chi connectivity index (χ4v) is 4.22. The molecule has 2 N–H and O–H groups in total. The van der Waals surface area contributed by atoms with Gasteiger partial charge in [0.2, 0.25) is 0 Å². The van der Waals surface area contributed by atoms with Gasteiger partial charge in [-0.1, -0.05) is 29.8 Å². The third-order valence-electron chi connectivity index (χ3n) is 6.14. The van der Waals surface area contributed by atoms with Gasteiger partial charge in [0.05, 0.1) is 5.56 Å². The predicted octanol–water partition coefficient (Wildman–Crippen LogP) is 5.36. The lowest BCUT2D eigenvalue weighted by Gasteiger charge is -2.32. The zero-order chi connectivity index (χ0) is 23.4. The molecule has 170 valence electrons. The fourth-order valence-electron chi connectivity index (χ4n) is 4.09. The second kappa shape index (κ2) is 10.0. The van der Waals surface area contributed by atoms with Crippen LogP contribution in [-0.4, -0.2) is 41.8 Å². The Labute approximate surface area is 199 Å². The molecule has 7 heteroatoms. The summed E-state index contributed by atoms with van der Waals surface area (Å²) < 4.78 is 0. The van der Waals surface area contributed by atoms with Crippen molar-refractivity contribution in [3.8, 4) is 0 Å². The van der Waals surface area contributed by atoms with Crippen LogP contribution in [0.3, 0.4) is 0 Å².